The summed E-state index contributed by atoms with van der Waals surface area (Å²) >= 11 is 0. The first-order chi connectivity index (χ1) is 12.2. The van der Waals surface area contributed by atoms with Gasteiger partial charge in [0.15, 0.2) is 28.8 Å². The fourth-order valence-corrected chi connectivity index (χ4v) is 3.20. The Morgan fingerprint density at radius 2 is 1.68 bits per heavy atom. The SMILES string of the molecule is COc1cc2c(cc1OC)C(=O)C(=Cc1ccc3c(c1)OCCO3)C2. The topological polar surface area (TPSA) is 54.0 Å². The Balaban J connectivity index is 1.68. The van der Waals surface area contributed by atoms with Gasteiger partial charge in [0.2, 0.25) is 0 Å². The van der Waals surface area contributed by atoms with Crippen LogP contribution in [0, 0.1) is 0 Å². The fraction of sp³-hybridized carbons (Fsp3) is 0.250. The molecule has 2 aromatic carbocycles. The molecular weight excluding hydrogens is 320 g/mol. The van der Waals surface area contributed by atoms with E-state index in [0.717, 1.165) is 22.4 Å². The van der Waals surface area contributed by atoms with Crippen LogP contribution in [-0.2, 0) is 6.42 Å². The van der Waals surface area contributed by atoms with E-state index < -0.39 is 0 Å². The first-order valence-corrected chi connectivity index (χ1v) is 8.09. The van der Waals surface area contributed by atoms with Crippen molar-refractivity contribution < 1.29 is 23.7 Å². The van der Waals surface area contributed by atoms with Crippen molar-refractivity contribution in [2.45, 2.75) is 6.42 Å². The lowest BCUT2D eigenvalue weighted by Gasteiger charge is -2.18. The molecule has 0 amide bonds. The van der Waals surface area contributed by atoms with Crippen LogP contribution in [-0.4, -0.2) is 33.2 Å². The molecule has 0 fully saturated rings. The molecule has 0 aromatic heterocycles. The van der Waals surface area contributed by atoms with Crippen molar-refractivity contribution in [1.82, 2.24) is 0 Å². The number of methoxy groups -OCH3 is 2. The molecule has 0 spiro atoms. The number of fused-ring (bicyclic) bond motifs is 2. The van der Waals surface area contributed by atoms with Gasteiger partial charge in [0, 0.05) is 17.6 Å². The molecule has 5 nitrogen and oxygen atoms in total. The largest absolute Gasteiger partial charge is 0.493 e. The Labute approximate surface area is 145 Å². The van der Waals surface area contributed by atoms with E-state index in [4.69, 9.17) is 18.9 Å². The molecule has 128 valence electrons. The van der Waals surface area contributed by atoms with Gasteiger partial charge in [-0.2, -0.15) is 0 Å². The highest BCUT2D eigenvalue weighted by molar-refractivity contribution is 6.16. The lowest BCUT2D eigenvalue weighted by molar-refractivity contribution is 0.104. The van der Waals surface area contributed by atoms with Crippen LogP contribution < -0.4 is 18.9 Å². The molecule has 0 atom stereocenters. The van der Waals surface area contributed by atoms with Gasteiger partial charge >= 0.3 is 0 Å². The zero-order valence-corrected chi connectivity index (χ0v) is 14.1. The van der Waals surface area contributed by atoms with Crippen LogP contribution in [0.4, 0.5) is 0 Å². The third-order valence-corrected chi connectivity index (χ3v) is 4.43. The van der Waals surface area contributed by atoms with E-state index >= 15 is 0 Å². The Kier molecular flexibility index (Phi) is 3.84. The molecule has 0 radical (unpaired) electrons. The Bertz CT molecular complexity index is 882. The van der Waals surface area contributed by atoms with E-state index in [2.05, 4.69) is 0 Å². The summed E-state index contributed by atoms with van der Waals surface area (Å²) in [5.74, 6) is 2.67. The predicted molar refractivity (Wildman–Crippen MR) is 93.0 cm³/mol. The van der Waals surface area contributed by atoms with Gasteiger partial charge < -0.3 is 18.9 Å². The van der Waals surface area contributed by atoms with Crippen molar-refractivity contribution in [1.29, 1.82) is 0 Å². The molecular formula is C20H18O5. The first-order valence-electron chi connectivity index (χ1n) is 8.09. The molecule has 0 saturated carbocycles. The molecule has 0 bridgehead atoms. The quantitative estimate of drug-likeness (QED) is 0.804. The minimum Gasteiger partial charge on any atom is -0.493 e. The molecule has 25 heavy (non-hydrogen) atoms. The number of Topliss-reactive ketones (excluding diaryl/α,β-unsaturated/α-hetero) is 1. The summed E-state index contributed by atoms with van der Waals surface area (Å²) in [5, 5.41) is 0. The van der Waals surface area contributed by atoms with Crippen molar-refractivity contribution in [3.63, 3.8) is 0 Å². The average molecular weight is 338 g/mol. The summed E-state index contributed by atoms with van der Waals surface area (Å²) in [4.78, 5) is 12.7. The van der Waals surface area contributed by atoms with Crippen LogP contribution in [0.2, 0.25) is 0 Å². The number of carbonyl (C=O) groups is 1. The Morgan fingerprint density at radius 3 is 2.44 bits per heavy atom. The maximum Gasteiger partial charge on any atom is 0.189 e. The zero-order chi connectivity index (χ0) is 17.4. The van der Waals surface area contributed by atoms with E-state index in [9.17, 15) is 4.79 Å². The molecule has 0 unspecified atom stereocenters. The van der Waals surface area contributed by atoms with E-state index in [1.807, 2.05) is 30.3 Å². The minimum absolute atomic E-state index is 0.0193. The lowest BCUT2D eigenvalue weighted by Crippen LogP contribution is -2.15. The second-order valence-electron chi connectivity index (χ2n) is 5.94. The Morgan fingerprint density at radius 1 is 0.960 bits per heavy atom. The Hall–Kier alpha value is -2.95. The van der Waals surface area contributed by atoms with Crippen LogP contribution in [0.5, 0.6) is 23.0 Å². The second-order valence-corrected chi connectivity index (χ2v) is 5.94. The summed E-state index contributed by atoms with van der Waals surface area (Å²) in [6, 6.07) is 9.33. The van der Waals surface area contributed by atoms with Crippen molar-refractivity contribution in [2.75, 3.05) is 27.4 Å². The van der Waals surface area contributed by atoms with Gasteiger partial charge in [0.1, 0.15) is 13.2 Å². The highest BCUT2D eigenvalue weighted by atomic mass is 16.6. The molecule has 2 aromatic rings. The van der Waals surface area contributed by atoms with Crippen LogP contribution in [0.1, 0.15) is 21.5 Å². The third-order valence-electron chi connectivity index (χ3n) is 4.43. The lowest BCUT2D eigenvalue weighted by atomic mass is 10.1. The molecule has 0 N–H and O–H groups in total. The van der Waals surface area contributed by atoms with Crippen molar-refractivity contribution >= 4 is 11.9 Å². The number of carbonyl (C=O) groups excluding carboxylic acids is 1. The maximum absolute atomic E-state index is 12.7. The van der Waals surface area contributed by atoms with Gasteiger partial charge in [-0.3, -0.25) is 4.79 Å². The van der Waals surface area contributed by atoms with Crippen LogP contribution >= 0.6 is 0 Å². The fourth-order valence-electron chi connectivity index (χ4n) is 3.20. The van der Waals surface area contributed by atoms with E-state index in [-0.39, 0.29) is 5.78 Å². The third kappa shape index (κ3) is 2.71. The number of ketones is 1. The number of benzene rings is 2. The molecule has 5 heteroatoms. The van der Waals surface area contributed by atoms with Gasteiger partial charge in [-0.1, -0.05) is 6.07 Å². The molecule has 0 saturated heterocycles. The number of rotatable bonds is 3. The normalized spacial score (nSPS) is 16.7. The van der Waals surface area contributed by atoms with Crippen molar-refractivity contribution in [2.24, 2.45) is 0 Å². The predicted octanol–water partition coefficient (Wildman–Crippen LogP) is 3.30. The van der Waals surface area contributed by atoms with Gasteiger partial charge in [-0.05, 0) is 41.5 Å². The summed E-state index contributed by atoms with van der Waals surface area (Å²) in [5.41, 5.74) is 3.27. The molecule has 1 aliphatic heterocycles. The number of allylic oxidation sites excluding steroid dienone is 1. The number of hydrogen-bond donors (Lipinski definition) is 0. The van der Waals surface area contributed by atoms with Crippen LogP contribution in [0.25, 0.3) is 6.08 Å². The van der Waals surface area contributed by atoms with Gasteiger partial charge in [0.05, 0.1) is 14.2 Å². The van der Waals surface area contributed by atoms with Gasteiger partial charge in [-0.25, -0.2) is 0 Å². The smallest absolute Gasteiger partial charge is 0.189 e. The minimum atomic E-state index is 0.0193. The van der Waals surface area contributed by atoms with Crippen molar-refractivity contribution in [3.8, 4) is 23.0 Å². The van der Waals surface area contributed by atoms with E-state index in [1.54, 1.807) is 20.3 Å². The van der Waals surface area contributed by atoms with E-state index in [0.29, 0.717) is 42.4 Å². The summed E-state index contributed by atoms with van der Waals surface area (Å²) in [7, 11) is 3.16. The second kappa shape index (κ2) is 6.16. The molecule has 4 rings (SSSR count). The average Bonchev–Trinajstić information content (AvgIpc) is 2.95. The highest BCUT2D eigenvalue weighted by Crippen LogP contribution is 2.38. The standard InChI is InChI=1S/C20H18O5/c1-22-17-10-13-9-14(20(21)15(13)11-18(17)23-2)7-12-3-4-16-19(8-12)25-6-5-24-16/h3-4,7-8,10-11H,5-6,9H2,1-2H3. The first kappa shape index (κ1) is 15.6. The molecule has 1 aliphatic carbocycles. The summed E-state index contributed by atoms with van der Waals surface area (Å²) in [6.07, 6.45) is 2.47. The number of hydrogen-bond acceptors (Lipinski definition) is 5. The monoisotopic (exact) mass is 338 g/mol. The summed E-state index contributed by atoms with van der Waals surface area (Å²) < 4.78 is 21.8. The zero-order valence-electron chi connectivity index (χ0n) is 14.1. The maximum atomic E-state index is 12.7. The van der Waals surface area contributed by atoms with Crippen LogP contribution in [0.15, 0.2) is 35.9 Å². The highest BCUT2D eigenvalue weighted by Gasteiger charge is 2.27. The number of ether oxygens (including phenoxy) is 4. The van der Waals surface area contributed by atoms with Gasteiger partial charge in [0.25, 0.3) is 0 Å². The molecule has 2 aliphatic rings. The summed E-state index contributed by atoms with van der Waals surface area (Å²) in [6.45, 7) is 1.10. The van der Waals surface area contributed by atoms with Crippen LogP contribution in [0.3, 0.4) is 0 Å². The molecule has 1 heterocycles. The van der Waals surface area contributed by atoms with Gasteiger partial charge in [-0.15, -0.1) is 0 Å². The van der Waals surface area contributed by atoms with Crippen molar-refractivity contribution in [3.05, 3.63) is 52.6 Å². The van der Waals surface area contributed by atoms with E-state index in [1.165, 1.54) is 0 Å².